The van der Waals surface area contributed by atoms with Gasteiger partial charge in [-0.2, -0.15) is 0 Å². The second-order valence-electron chi connectivity index (χ2n) is 7.17. The summed E-state index contributed by atoms with van der Waals surface area (Å²) in [6, 6.07) is 11.0. The van der Waals surface area contributed by atoms with E-state index in [9.17, 15) is 4.79 Å². The number of carbonyl (C=O) groups is 1. The van der Waals surface area contributed by atoms with Crippen molar-refractivity contribution in [2.75, 3.05) is 11.1 Å². The van der Waals surface area contributed by atoms with E-state index in [4.69, 9.17) is 46.4 Å². The average molecular weight is 516 g/mol. The van der Waals surface area contributed by atoms with E-state index in [0.717, 1.165) is 29.0 Å². The number of aromatic nitrogens is 3. The lowest BCUT2D eigenvalue weighted by atomic mass is 10.1. The van der Waals surface area contributed by atoms with Crippen LogP contribution in [0.5, 0.6) is 0 Å². The molecule has 31 heavy (non-hydrogen) atoms. The Kier molecular flexibility index (Phi) is 7.04. The van der Waals surface area contributed by atoms with Gasteiger partial charge in [0.25, 0.3) is 0 Å². The van der Waals surface area contributed by atoms with Crippen molar-refractivity contribution in [1.82, 2.24) is 14.8 Å². The Bertz CT molecular complexity index is 1120. The molecule has 1 fully saturated rings. The van der Waals surface area contributed by atoms with Crippen molar-refractivity contribution in [2.45, 2.75) is 36.9 Å². The van der Waals surface area contributed by atoms with Crippen molar-refractivity contribution in [1.29, 1.82) is 0 Å². The van der Waals surface area contributed by atoms with Crippen LogP contribution in [0.4, 0.5) is 5.69 Å². The van der Waals surface area contributed by atoms with Crippen molar-refractivity contribution in [3.63, 3.8) is 0 Å². The topological polar surface area (TPSA) is 59.8 Å². The summed E-state index contributed by atoms with van der Waals surface area (Å²) in [6.07, 6.45) is 1.03. The lowest BCUT2D eigenvalue weighted by Gasteiger charge is -2.09. The van der Waals surface area contributed by atoms with Crippen molar-refractivity contribution in [3.8, 4) is 0 Å². The highest BCUT2D eigenvalue weighted by Gasteiger charge is 2.43. The van der Waals surface area contributed by atoms with Crippen LogP contribution in [-0.4, -0.2) is 26.4 Å². The monoisotopic (exact) mass is 514 g/mol. The minimum absolute atomic E-state index is 0.167. The fourth-order valence-corrected chi connectivity index (χ4v) is 5.00. The maximum absolute atomic E-state index is 12.4. The third-order valence-corrected chi connectivity index (χ3v) is 7.35. The molecule has 0 saturated heterocycles. The van der Waals surface area contributed by atoms with Crippen LogP contribution in [0.2, 0.25) is 20.1 Å². The summed E-state index contributed by atoms with van der Waals surface area (Å²) in [5.74, 6) is 1.65. The number of anilines is 1. The van der Waals surface area contributed by atoms with E-state index in [0.29, 0.717) is 32.6 Å². The van der Waals surface area contributed by atoms with Gasteiger partial charge in [0, 0.05) is 17.5 Å². The fraction of sp³-hybridized carbons (Fsp3) is 0.286. The molecule has 0 aliphatic heterocycles. The van der Waals surface area contributed by atoms with Crippen LogP contribution in [0.25, 0.3) is 0 Å². The molecule has 3 aromatic rings. The minimum atomic E-state index is -0.219. The molecule has 0 bridgehead atoms. The highest BCUT2D eigenvalue weighted by molar-refractivity contribution is 7.99. The molecule has 5 nitrogen and oxygen atoms in total. The molecule has 1 aromatic heterocycles. The Hall–Kier alpha value is -1.44. The molecule has 10 heteroatoms. The number of halogens is 4. The molecule has 0 radical (unpaired) electrons. The molecule has 2 aromatic carbocycles. The van der Waals surface area contributed by atoms with Crippen LogP contribution in [0, 0.1) is 0 Å². The Morgan fingerprint density at radius 1 is 1.06 bits per heavy atom. The van der Waals surface area contributed by atoms with Crippen molar-refractivity contribution < 1.29 is 4.79 Å². The van der Waals surface area contributed by atoms with Crippen molar-refractivity contribution in [2.24, 2.45) is 0 Å². The molecule has 162 valence electrons. The van der Waals surface area contributed by atoms with Gasteiger partial charge in [-0.25, -0.2) is 0 Å². The number of benzene rings is 2. The second kappa shape index (κ2) is 9.59. The zero-order chi connectivity index (χ0) is 22.1. The summed E-state index contributed by atoms with van der Waals surface area (Å²) in [5.41, 5.74) is 1.68. The largest absolute Gasteiger partial charge is 0.324 e. The molecule has 0 spiro atoms. The Morgan fingerprint density at radius 2 is 1.77 bits per heavy atom. The lowest BCUT2D eigenvalue weighted by Crippen LogP contribution is -2.15. The van der Waals surface area contributed by atoms with Gasteiger partial charge in [-0.1, -0.05) is 70.3 Å². The van der Waals surface area contributed by atoms with Crippen LogP contribution in [0.3, 0.4) is 0 Å². The second-order valence-corrected chi connectivity index (χ2v) is 9.77. The smallest absolute Gasteiger partial charge is 0.234 e. The summed E-state index contributed by atoms with van der Waals surface area (Å²) in [5, 5.41) is 13.9. The minimum Gasteiger partial charge on any atom is -0.324 e. The molecule has 1 N–H and O–H groups in total. The molecule has 1 heterocycles. The highest BCUT2D eigenvalue weighted by Crippen LogP contribution is 2.54. The van der Waals surface area contributed by atoms with Crippen molar-refractivity contribution in [3.05, 3.63) is 67.9 Å². The van der Waals surface area contributed by atoms with Crippen LogP contribution in [0.1, 0.15) is 36.6 Å². The number of hydrogen-bond acceptors (Lipinski definition) is 4. The number of thioether (sulfide) groups is 1. The quantitative estimate of drug-likeness (QED) is 0.274. The van der Waals surface area contributed by atoms with Gasteiger partial charge >= 0.3 is 0 Å². The number of nitrogens with one attached hydrogen (secondary N) is 1. The maximum Gasteiger partial charge on any atom is 0.234 e. The summed E-state index contributed by atoms with van der Waals surface area (Å²) in [7, 11) is 0. The first-order chi connectivity index (χ1) is 14.9. The van der Waals surface area contributed by atoms with Gasteiger partial charge in [0.1, 0.15) is 5.82 Å². The van der Waals surface area contributed by atoms with Gasteiger partial charge in [-0.15, -0.1) is 10.2 Å². The average Bonchev–Trinajstić information content (AvgIpc) is 3.42. The summed E-state index contributed by atoms with van der Waals surface area (Å²) in [4.78, 5) is 12.4. The molecular formula is C21H18Cl4N4OS. The predicted octanol–water partition coefficient (Wildman–Crippen LogP) is 6.91. The molecular weight excluding hydrogens is 498 g/mol. The first-order valence-electron chi connectivity index (χ1n) is 9.63. The Labute approximate surface area is 204 Å². The molecule has 0 unspecified atom stereocenters. The number of amides is 1. The molecule has 1 saturated carbocycles. The predicted molar refractivity (Wildman–Crippen MR) is 128 cm³/mol. The lowest BCUT2D eigenvalue weighted by molar-refractivity contribution is -0.113. The van der Waals surface area contributed by atoms with Gasteiger partial charge in [0.05, 0.1) is 26.5 Å². The molecule has 2 atom stereocenters. The Morgan fingerprint density at radius 3 is 2.48 bits per heavy atom. The number of rotatable bonds is 7. The van der Waals surface area contributed by atoms with Crippen LogP contribution >= 0.6 is 58.2 Å². The number of carbonyl (C=O) groups excluding carboxylic acids is 1. The summed E-state index contributed by atoms with van der Waals surface area (Å²) < 4.78 is 2.07. The standard InChI is InChI=1S/C21H18Cl4N4OS/c1-2-29-20(14-7-13(14)11-3-5-12(22)6-4-11)27-28-21(29)31-10-19(30)26-18-9-16(24)15(23)8-17(18)25/h3-6,8-9,13-14H,2,7,10H2,1H3,(H,26,30)/t13-,14+/m0/s1. The molecule has 1 aliphatic rings. The van der Waals surface area contributed by atoms with Gasteiger partial charge in [-0.3, -0.25) is 4.79 Å². The number of hydrogen-bond donors (Lipinski definition) is 1. The molecule has 1 amide bonds. The first-order valence-corrected chi connectivity index (χ1v) is 12.1. The van der Waals surface area contributed by atoms with E-state index in [1.165, 1.54) is 29.5 Å². The zero-order valence-electron chi connectivity index (χ0n) is 16.4. The SMILES string of the molecule is CCn1c(SCC(=O)Nc2cc(Cl)c(Cl)cc2Cl)nnc1[C@@H]1C[C@H]1c1ccc(Cl)cc1. The van der Waals surface area contributed by atoms with E-state index >= 15 is 0 Å². The van der Waals surface area contributed by atoms with E-state index in [1.54, 1.807) is 0 Å². The van der Waals surface area contributed by atoms with Crippen LogP contribution < -0.4 is 5.32 Å². The summed E-state index contributed by atoms with van der Waals surface area (Å²) >= 11 is 25.4. The third kappa shape index (κ3) is 5.15. The van der Waals surface area contributed by atoms with Gasteiger partial charge in [0.15, 0.2) is 5.16 Å². The number of nitrogens with zero attached hydrogens (tertiary/aromatic N) is 3. The van der Waals surface area contributed by atoms with Gasteiger partial charge in [0.2, 0.25) is 5.91 Å². The maximum atomic E-state index is 12.4. The van der Waals surface area contributed by atoms with E-state index in [-0.39, 0.29) is 11.7 Å². The van der Waals surface area contributed by atoms with E-state index in [1.807, 2.05) is 19.1 Å². The molecule has 1 aliphatic carbocycles. The fourth-order valence-electron chi connectivity index (χ4n) is 3.47. The van der Waals surface area contributed by atoms with Gasteiger partial charge < -0.3 is 9.88 Å². The summed E-state index contributed by atoms with van der Waals surface area (Å²) in [6.45, 7) is 2.78. The van der Waals surface area contributed by atoms with Crippen LogP contribution in [-0.2, 0) is 11.3 Å². The Balaban J connectivity index is 1.40. The first kappa shape index (κ1) is 22.7. The third-order valence-electron chi connectivity index (χ3n) is 5.10. The van der Waals surface area contributed by atoms with E-state index < -0.39 is 0 Å². The van der Waals surface area contributed by atoms with Gasteiger partial charge in [-0.05, 0) is 49.1 Å². The van der Waals surface area contributed by atoms with Crippen molar-refractivity contribution >= 4 is 69.8 Å². The highest BCUT2D eigenvalue weighted by atomic mass is 35.5. The zero-order valence-corrected chi connectivity index (χ0v) is 20.3. The normalized spacial score (nSPS) is 17.6. The van der Waals surface area contributed by atoms with Crippen LogP contribution in [0.15, 0.2) is 41.6 Å². The van der Waals surface area contributed by atoms with E-state index in [2.05, 4.69) is 32.2 Å². The molecule has 4 rings (SSSR count).